The molecule has 3 aromatic rings. The molecule has 2 saturated heterocycles. The van der Waals surface area contributed by atoms with Crippen molar-refractivity contribution in [2.75, 3.05) is 22.8 Å². The molecule has 1 aliphatic carbocycles. The van der Waals surface area contributed by atoms with E-state index < -0.39 is 23.1 Å². The van der Waals surface area contributed by atoms with Crippen LogP contribution < -0.4 is 9.62 Å². The average molecular weight is 452 g/mol. The number of morpholine rings is 1. The SMILES string of the molecule is C1CCC1.O=S(Nc1cn[nH]c1C(F)F)c1cnn2ccc(N3CC4C[C@@H]3CO4)nc12. The van der Waals surface area contributed by atoms with Crippen molar-refractivity contribution in [2.45, 2.75) is 55.6 Å². The van der Waals surface area contributed by atoms with E-state index in [-0.39, 0.29) is 11.8 Å². The molecule has 12 heteroatoms. The van der Waals surface area contributed by atoms with E-state index in [9.17, 15) is 13.0 Å². The van der Waals surface area contributed by atoms with Crippen molar-refractivity contribution in [2.24, 2.45) is 0 Å². The van der Waals surface area contributed by atoms with Crippen LogP contribution in [0.4, 0.5) is 20.3 Å². The van der Waals surface area contributed by atoms with Gasteiger partial charge in [-0.25, -0.2) is 22.5 Å². The lowest BCUT2D eigenvalue weighted by Gasteiger charge is -2.27. The number of hydrogen-bond donors (Lipinski definition) is 2. The molecule has 3 aliphatic rings. The minimum absolute atomic E-state index is 0.0205. The molecule has 0 amide bonds. The first-order valence-electron chi connectivity index (χ1n) is 10.3. The number of rotatable bonds is 5. The van der Waals surface area contributed by atoms with Gasteiger partial charge in [-0.15, -0.1) is 0 Å². The number of nitrogens with one attached hydrogen (secondary N) is 2. The van der Waals surface area contributed by atoms with Gasteiger partial charge in [-0.2, -0.15) is 10.2 Å². The third-order valence-corrected chi connectivity index (χ3v) is 6.90. The van der Waals surface area contributed by atoms with Crippen LogP contribution in [0.1, 0.15) is 44.2 Å². The first-order chi connectivity index (χ1) is 15.1. The van der Waals surface area contributed by atoms with Crippen LogP contribution in [0.3, 0.4) is 0 Å². The Labute approximate surface area is 179 Å². The van der Waals surface area contributed by atoms with Crippen molar-refractivity contribution in [1.82, 2.24) is 24.8 Å². The van der Waals surface area contributed by atoms with Crippen molar-refractivity contribution >= 4 is 28.1 Å². The summed E-state index contributed by atoms with van der Waals surface area (Å²) in [6.45, 7) is 1.44. The average Bonchev–Trinajstić information content (AvgIpc) is 3.48. The van der Waals surface area contributed by atoms with Gasteiger partial charge in [-0.1, -0.05) is 25.7 Å². The van der Waals surface area contributed by atoms with Crippen LogP contribution in [0.2, 0.25) is 0 Å². The Morgan fingerprint density at radius 2 is 2.06 bits per heavy atom. The Bertz CT molecular complexity index is 1080. The number of aromatic nitrogens is 5. The molecule has 2 unspecified atom stereocenters. The molecule has 166 valence electrons. The first kappa shape index (κ1) is 20.3. The summed E-state index contributed by atoms with van der Waals surface area (Å²) >= 11 is 0. The monoisotopic (exact) mass is 451 g/mol. The van der Waals surface area contributed by atoms with Gasteiger partial charge in [-0.3, -0.25) is 9.82 Å². The quantitative estimate of drug-likeness (QED) is 0.619. The van der Waals surface area contributed by atoms with Crippen LogP contribution in [0, 0.1) is 0 Å². The Kier molecular flexibility index (Phi) is 5.57. The number of alkyl halides is 2. The van der Waals surface area contributed by atoms with Gasteiger partial charge in [0.15, 0.2) is 16.6 Å². The van der Waals surface area contributed by atoms with Crippen molar-refractivity contribution in [3.8, 4) is 0 Å². The zero-order valence-electron chi connectivity index (χ0n) is 16.7. The second-order valence-electron chi connectivity index (χ2n) is 7.84. The number of nitrogens with zero attached hydrogens (tertiary/aromatic N) is 5. The molecule has 3 aromatic heterocycles. The highest BCUT2D eigenvalue weighted by Gasteiger charge is 2.39. The standard InChI is InChI=1S/C15H15F2N7O2S.C4H8/c16-14(17)13-10(4-18-21-13)22-27(25)11-5-19-24-2-1-12(20-15(11)24)23-6-9-3-8(23)7-26-9;1-2-4-3-1/h1-2,4-5,8-9,14,22H,3,6-7H2,(H,18,21);1-4H2/t8-,9?,27?;/m1./s1. The topological polar surface area (TPSA) is 100 Å². The predicted molar refractivity (Wildman–Crippen MR) is 111 cm³/mol. The molecular formula is C19H23F2N7O2S. The summed E-state index contributed by atoms with van der Waals surface area (Å²) in [5.41, 5.74) is -0.0291. The smallest absolute Gasteiger partial charge is 0.281 e. The summed E-state index contributed by atoms with van der Waals surface area (Å²) in [6, 6.07) is 2.14. The van der Waals surface area contributed by atoms with Gasteiger partial charge in [0.25, 0.3) is 6.43 Å². The maximum atomic E-state index is 13.0. The van der Waals surface area contributed by atoms with Gasteiger partial charge in [0, 0.05) is 12.7 Å². The highest BCUT2D eigenvalue weighted by atomic mass is 32.2. The number of hydrogen-bond acceptors (Lipinski definition) is 6. The lowest BCUT2D eigenvalue weighted by molar-refractivity contribution is 0.0989. The first-order valence-corrected chi connectivity index (χ1v) is 11.5. The third kappa shape index (κ3) is 4.01. The molecule has 5 heterocycles. The minimum atomic E-state index is -2.76. The lowest BCUT2D eigenvalue weighted by atomic mass is 10.0. The second-order valence-corrected chi connectivity index (χ2v) is 9.02. The molecule has 1 saturated carbocycles. The number of anilines is 2. The van der Waals surface area contributed by atoms with Crippen LogP contribution in [0.5, 0.6) is 0 Å². The highest BCUT2D eigenvalue weighted by Crippen LogP contribution is 2.32. The molecule has 0 spiro atoms. The van der Waals surface area contributed by atoms with Gasteiger partial charge < -0.3 is 9.64 Å². The summed E-state index contributed by atoms with van der Waals surface area (Å²) in [4.78, 5) is 7.09. The fourth-order valence-electron chi connectivity index (χ4n) is 3.76. The van der Waals surface area contributed by atoms with E-state index in [1.54, 1.807) is 6.20 Å². The maximum Gasteiger partial charge on any atom is 0.281 e. The van der Waals surface area contributed by atoms with Crippen LogP contribution in [-0.4, -0.2) is 54.3 Å². The van der Waals surface area contributed by atoms with Gasteiger partial charge >= 0.3 is 0 Å². The molecule has 2 N–H and O–H groups in total. The van der Waals surface area contributed by atoms with E-state index in [0.717, 1.165) is 18.8 Å². The zero-order chi connectivity index (χ0) is 21.4. The Morgan fingerprint density at radius 3 is 2.71 bits per heavy atom. The number of halogens is 2. The van der Waals surface area contributed by atoms with Crippen LogP contribution in [-0.2, 0) is 15.7 Å². The van der Waals surface area contributed by atoms with Crippen molar-refractivity contribution < 1.29 is 17.7 Å². The van der Waals surface area contributed by atoms with E-state index >= 15 is 0 Å². The third-order valence-electron chi connectivity index (χ3n) is 5.81. The van der Waals surface area contributed by atoms with Crippen LogP contribution in [0.25, 0.3) is 5.65 Å². The van der Waals surface area contributed by atoms with E-state index in [0.29, 0.717) is 23.2 Å². The molecule has 2 bridgehead atoms. The fraction of sp³-hybridized carbons (Fsp3) is 0.526. The molecule has 3 atom stereocenters. The minimum Gasteiger partial charge on any atom is -0.374 e. The largest absolute Gasteiger partial charge is 0.374 e. The molecule has 0 radical (unpaired) electrons. The Morgan fingerprint density at radius 1 is 1.26 bits per heavy atom. The molecule has 0 aromatic carbocycles. The molecule has 9 nitrogen and oxygen atoms in total. The van der Waals surface area contributed by atoms with Crippen molar-refractivity contribution in [1.29, 1.82) is 0 Å². The van der Waals surface area contributed by atoms with E-state index in [4.69, 9.17) is 4.74 Å². The van der Waals surface area contributed by atoms with E-state index in [1.807, 2.05) is 6.07 Å². The number of fused-ring (bicyclic) bond motifs is 3. The summed E-state index contributed by atoms with van der Waals surface area (Å²) in [6.07, 6.45) is 8.77. The Hall–Kier alpha value is -2.60. The normalized spacial score (nSPS) is 23.0. The molecule has 2 aliphatic heterocycles. The highest BCUT2D eigenvalue weighted by molar-refractivity contribution is 7.86. The van der Waals surface area contributed by atoms with Gasteiger partial charge in [-0.05, 0) is 12.5 Å². The van der Waals surface area contributed by atoms with Gasteiger partial charge in [0.1, 0.15) is 16.4 Å². The predicted octanol–water partition coefficient (Wildman–Crippen LogP) is 3.06. The maximum absolute atomic E-state index is 13.0. The van der Waals surface area contributed by atoms with Crippen molar-refractivity contribution in [3.63, 3.8) is 0 Å². The van der Waals surface area contributed by atoms with E-state index in [2.05, 4.69) is 29.9 Å². The number of aromatic amines is 1. The molecule has 6 rings (SSSR count). The summed E-state index contributed by atoms with van der Waals surface area (Å²) in [5, 5.41) is 9.92. The van der Waals surface area contributed by atoms with Gasteiger partial charge in [0.2, 0.25) is 0 Å². The summed E-state index contributed by atoms with van der Waals surface area (Å²) in [7, 11) is -1.83. The second kappa shape index (κ2) is 8.50. The van der Waals surface area contributed by atoms with Crippen molar-refractivity contribution in [3.05, 3.63) is 30.4 Å². The summed E-state index contributed by atoms with van der Waals surface area (Å²) in [5.74, 6) is 0.758. The lowest BCUT2D eigenvalue weighted by Crippen LogP contribution is -2.37. The van der Waals surface area contributed by atoms with E-state index in [1.165, 1.54) is 42.6 Å². The molecule has 31 heavy (non-hydrogen) atoms. The van der Waals surface area contributed by atoms with Crippen LogP contribution >= 0.6 is 0 Å². The van der Waals surface area contributed by atoms with Gasteiger partial charge in [0.05, 0.1) is 36.8 Å². The number of ether oxygens (including phenoxy) is 1. The zero-order valence-corrected chi connectivity index (χ0v) is 17.5. The molecule has 3 fully saturated rings. The Balaban J connectivity index is 0.000000461. The fourth-order valence-corrected chi connectivity index (χ4v) is 4.68. The van der Waals surface area contributed by atoms with Crippen LogP contribution in [0.15, 0.2) is 29.6 Å². The number of H-pyrrole nitrogens is 1. The summed E-state index contributed by atoms with van der Waals surface area (Å²) < 4.78 is 48.3. The molecular weight excluding hydrogens is 428 g/mol.